The van der Waals surface area contributed by atoms with E-state index in [-0.39, 0.29) is 25.0 Å². The Hall–Kier alpha value is -4.95. The second kappa shape index (κ2) is 16.8. The van der Waals surface area contributed by atoms with Crippen molar-refractivity contribution in [3.8, 4) is 5.75 Å². The van der Waals surface area contributed by atoms with Crippen molar-refractivity contribution in [1.82, 2.24) is 20.9 Å². The summed E-state index contributed by atoms with van der Waals surface area (Å²) in [4.78, 5) is 66.4. The minimum atomic E-state index is -1.38. The van der Waals surface area contributed by atoms with Crippen LogP contribution in [-0.4, -0.2) is 80.7 Å². The zero-order valence-corrected chi connectivity index (χ0v) is 24.7. The number of phenols is 1. The Morgan fingerprint density at radius 3 is 2.09 bits per heavy atom. The molecule has 14 heteroatoms. The standard InChI is InChI=1S/C31H40N6O8/c32-14-4-3-6-22(33)28(41)35-24(12-13-27(39)40)29(42)36-25(16-19-17-34-23-7-2-1-5-21(19)23)30(43)37-26(31(44)45)15-18-8-10-20(38)11-9-18/h1-2,5,7-11,17,22,24-26,34,38H,3-4,6,12-16,32-33H2,(H,35,41)(H,36,42)(H,37,43)(H,39,40)(H,44,45). The summed E-state index contributed by atoms with van der Waals surface area (Å²) in [6, 6.07) is 8.16. The van der Waals surface area contributed by atoms with Gasteiger partial charge < -0.3 is 47.7 Å². The Bertz CT molecular complexity index is 1470. The average Bonchev–Trinajstić information content (AvgIpc) is 3.41. The molecule has 0 aliphatic carbocycles. The molecule has 0 fully saturated rings. The van der Waals surface area contributed by atoms with Gasteiger partial charge in [-0.2, -0.15) is 0 Å². The maximum absolute atomic E-state index is 13.6. The molecule has 4 unspecified atom stereocenters. The summed E-state index contributed by atoms with van der Waals surface area (Å²) in [5.41, 5.74) is 13.4. The summed E-state index contributed by atoms with van der Waals surface area (Å²) in [7, 11) is 0. The van der Waals surface area contributed by atoms with Gasteiger partial charge in [-0.1, -0.05) is 36.8 Å². The summed E-state index contributed by atoms with van der Waals surface area (Å²) in [6.45, 7) is 0.426. The van der Waals surface area contributed by atoms with E-state index in [1.807, 2.05) is 18.2 Å². The van der Waals surface area contributed by atoms with Crippen LogP contribution >= 0.6 is 0 Å². The topological polar surface area (TPSA) is 250 Å². The molecule has 14 nitrogen and oxygen atoms in total. The summed E-state index contributed by atoms with van der Waals surface area (Å²) in [5.74, 6) is -4.80. The number of H-pyrrole nitrogens is 1. The number of nitrogens with one attached hydrogen (secondary N) is 4. The van der Waals surface area contributed by atoms with Gasteiger partial charge in [-0.25, -0.2) is 4.79 Å². The van der Waals surface area contributed by atoms with Gasteiger partial charge in [0.15, 0.2) is 0 Å². The number of carboxylic acids is 2. The molecule has 1 aromatic heterocycles. The Kier molecular flexibility index (Phi) is 12.9. The number of hydrogen-bond donors (Lipinski definition) is 9. The van der Waals surface area contributed by atoms with Crippen LogP contribution in [-0.2, 0) is 36.8 Å². The van der Waals surface area contributed by atoms with Crippen molar-refractivity contribution in [3.05, 3.63) is 65.9 Å². The molecule has 4 atom stereocenters. The molecule has 0 spiro atoms. The predicted octanol–water partition coefficient (Wildman–Crippen LogP) is 0.519. The van der Waals surface area contributed by atoms with Crippen molar-refractivity contribution < 1.29 is 39.3 Å². The quantitative estimate of drug-likeness (QED) is 0.0887. The zero-order valence-electron chi connectivity index (χ0n) is 24.7. The van der Waals surface area contributed by atoms with Crippen LogP contribution in [0.4, 0.5) is 0 Å². The smallest absolute Gasteiger partial charge is 0.326 e. The van der Waals surface area contributed by atoms with Gasteiger partial charge in [0.2, 0.25) is 17.7 Å². The van der Waals surface area contributed by atoms with Crippen LogP contribution in [0.1, 0.15) is 43.2 Å². The number of rotatable bonds is 18. The van der Waals surface area contributed by atoms with E-state index in [4.69, 9.17) is 11.5 Å². The lowest BCUT2D eigenvalue weighted by Gasteiger charge is -2.25. The number of aromatic amines is 1. The molecule has 0 bridgehead atoms. The normalized spacial score (nSPS) is 13.7. The fourth-order valence-corrected chi connectivity index (χ4v) is 4.80. The average molecular weight is 625 g/mol. The van der Waals surface area contributed by atoms with Crippen LogP contribution in [0.3, 0.4) is 0 Å². The summed E-state index contributed by atoms with van der Waals surface area (Å²) in [6.07, 6.45) is 2.33. The molecule has 3 amide bonds. The minimum absolute atomic E-state index is 0.00257. The van der Waals surface area contributed by atoms with Crippen LogP contribution in [0.5, 0.6) is 5.75 Å². The Balaban J connectivity index is 1.85. The predicted molar refractivity (Wildman–Crippen MR) is 165 cm³/mol. The summed E-state index contributed by atoms with van der Waals surface area (Å²) in [5, 5.41) is 37.0. The fourth-order valence-electron chi connectivity index (χ4n) is 4.80. The zero-order chi connectivity index (χ0) is 32.9. The molecule has 0 aliphatic heterocycles. The first-order valence-corrected chi connectivity index (χ1v) is 14.6. The lowest BCUT2D eigenvalue weighted by Crippen LogP contribution is -2.57. The van der Waals surface area contributed by atoms with Gasteiger partial charge in [0.25, 0.3) is 0 Å². The van der Waals surface area contributed by atoms with Gasteiger partial charge in [-0.3, -0.25) is 19.2 Å². The van der Waals surface area contributed by atoms with Crippen LogP contribution in [0, 0.1) is 0 Å². The number of fused-ring (bicyclic) bond motifs is 1. The van der Waals surface area contributed by atoms with E-state index >= 15 is 0 Å². The number of benzene rings is 2. The van der Waals surface area contributed by atoms with Gasteiger partial charge in [-0.15, -0.1) is 0 Å². The number of hydrogen-bond acceptors (Lipinski definition) is 8. The Labute approximate surface area is 259 Å². The third-order valence-electron chi connectivity index (χ3n) is 7.31. The second-order valence-corrected chi connectivity index (χ2v) is 10.8. The van der Waals surface area contributed by atoms with E-state index in [0.717, 1.165) is 10.9 Å². The number of phenolic OH excluding ortho intramolecular Hbond substituents is 1. The van der Waals surface area contributed by atoms with E-state index in [2.05, 4.69) is 20.9 Å². The third kappa shape index (κ3) is 10.6. The molecular formula is C31H40N6O8. The highest BCUT2D eigenvalue weighted by Gasteiger charge is 2.31. The number of amides is 3. The van der Waals surface area contributed by atoms with Crippen molar-refractivity contribution in [2.75, 3.05) is 6.54 Å². The molecule has 45 heavy (non-hydrogen) atoms. The Morgan fingerprint density at radius 2 is 1.42 bits per heavy atom. The maximum Gasteiger partial charge on any atom is 0.326 e. The SMILES string of the molecule is NCCCCC(N)C(=O)NC(CCC(=O)O)C(=O)NC(Cc1c[nH]c2ccccc12)C(=O)NC(Cc1ccc(O)cc1)C(=O)O. The van der Waals surface area contributed by atoms with Crippen molar-refractivity contribution in [2.45, 2.75) is 69.1 Å². The highest BCUT2D eigenvalue weighted by molar-refractivity contribution is 5.95. The maximum atomic E-state index is 13.6. The number of aromatic nitrogens is 1. The third-order valence-corrected chi connectivity index (χ3v) is 7.31. The molecule has 1 heterocycles. The second-order valence-electron chi connectivity index (χ2n) is 10.8. The number of carbonyl (C=O) groups excluding carboxylic acids is 3. The molecule has 0 radical (unpaired) electrons. The number of nitrogens with two attached hydrogens (primary N) is 2. The molecular weight excluding hydrogens is 584 g/mol. The highest BCUT2D eigenvalue weighted by Crippen LogP contribution is 2.20. The summed E-state index contributed by atoms with van der Waals surface area (Å²) < 4.78 is 0. The van der Waals surface area contributed by atoms with Crippen molar-refractivity contribution in [3.63, 3.8) is 0 Å². The first-order valence-electron chi connectivity index (χ1n) is 14.6. The van der Waals surface area contributed by atoms with Crippen molar-refractivity contribution in [2.24, 2.45) is 11.5 Å². The van der Waals surface area contributed by atoms with Gasteiger partial charge >= 0.3 is 11.9 Å². The van der Waals surface area contributed by atoms with Gasteiger partial charge in [-0.05, 0) is 55.1 Å². The highest BCUT2D eigenvalue weighted by atomic mass is 16.4. The molecule has 0 saturated heterocycles. The van der Waals surface area contributed by atoms with Gasteiger partial charge in [0, 0.05) is 36.4 Å². The van der Waals surface area contributed by atoms with Crippen LogP contribution in [0.2, 0.25) is 0 Å². The van der Waals surface area contributed by atoms with E-state index in [9.17, 15) is 39.3 Å². The number of para-hydroxylation sites is 1. The molecule has 2 aromatic carbocycles. The van der Waals surface area contributed by atoms with E-state index in [1.54, 1.807) is 12.3 Å². The monoisotopic (exact) mass is 624 g/mol. The van der Waals surface area contributed by atoms with E-state index < -0.39 is 60.2 Å². The van der Waals surface area contributed by atoms with Crippen LogP contribution < -0.4 is 27.4 Å². The van der Waals surface area contributed by atoms with E-state index in [1.165, 1.54) is 24.3 Å². The number of carbonyl (C=O) groups is 5. The first kappa shape index (κ1) is 34.5. The molecule has 242 valence electrons. The molecule has 3 rings (SSSR count). The molecule has 3 aromatic rings. The summed E-state index contributed by atoms with van der Waals surface area (Å²) >= 11 is 0. The van der Waals surface area contributed by atoms with Gasteiger partial charge in [0.1, 0.15) is 23.9 Å². The fraction of sp³-hybridized carbons (Fsp3) is 0.387. The van der Waals surface area contributed by atoms with Gasteiger partial charge in [0.05, 0.1) is 6.04 Å². The molecule has 0 aliphatic rings. The number of aromatic hydroxyl groups is 1. The number of aliphatic carboxylic acids is 2. The largest absolute Gasteiger partial charge is 0.508 e. The first-order chi connectivity index (χ1) is 21.5. The van der Waals surface area contributed by atoms with Crippen molar-refractivity contribution in [1.29, 1.82) is 0 Å². The van der Waals surface area contributed by atoms with Crippen LogP contribution in [0.25, 0.3) is 10.9 Å². The number of unbranched alkanes of at least 4 members (excludes halogenated alkanes) is 1. The molecule has 11 N–H and O–H groups in total. The Morgan fingerprint density at radius 1 is 0.778 bits per heavy atom. The molecule has 0 saturated carbocycles. The van der Waals surface area contributed by atoms with Crippen molar-refractivity contribution >= 4 is 40.6 Å². The van der Waals surface area contributed by atoms with E-state index in [0.29, 0.717) is 36.9 Å². The van der Waals surface area contributed by atoms with Crippen LogP contribution in [0.15, 0.2) is 54.7 Å². The lowest BCUT2D eigenvalue weighted by molar-refractivity contribution is -0.142. The lowest BCUT2D eigenvalue weighted by atomic mass is 10.0. The number of carboxylic acid groups (broad SMARTS) is 2. The minimum Gasteiger partial charge on any atom is -0.508 e.